The second-order valence-electron chi connectivity index (χ2n) is 2.25. The summed E-state index contributed by atoms with van der Waals surface area (Å²) in [5, 5.41) is 17.3. The summed E-state index contributed by atoms with van der Waals surface area (Å²) in [5.74, 6) is -0.957. The van der Waals surface area contributed by atoms with Gasteiger partial charge in [0.2, 0.25) is 5.78 Å². The predicted molar refractivity (Wildman–Crippen MR) is 39.6 cm³/mol. The molecule has 1 N–H and O–H groups in total. The largest absolute Gasteiger partial charge is 0.504 e. The lowest BCUT2D eigenvalue weighted by Gasteiger charge is -2.17. The van der Waals surface area contributed by atoms with Gasteiger partial charge in [-0.25, -0.2) is 10.1 Å². The van der Waals surface area contributed by atoms with E-state index >= 15 is 0 Å². The molecule has 12 heavy (non-hydrogen) atoms. The van der Waals surface area contributed by atoms with Gasteiger partial charge in [0.15, 0.2) is 5.76 Å². The zero-order chi connectivity index (χ0) is 9.30. The van der Waals surface area contributed by atoms with Crippen molar-refractivity contribution in [1.29, 1.82) is 5.26 Å². The quantitative estimate of drug-likeness (QED) is 0.328. The fourth-order valence-corrected chi connectivity index (χ4v) is 0.937. The van der Waals surface area contributed by atoms with Crippen molar-refractivity contribution in [3.05, 3.63) is 34.0 Å². The molecule has 0 unspecified atom stereocenters. The maximum atomic E-state index is 10.9. The van der Waals surface area contributed by atoms with Gasteiger partial charge in [0.05, 0.1) is 12.6 Å². The lowest BCUT2D eigenvalue weighted by Crippen LogP contribution is -2.21. The number of rotatable bonds is 0. The van der Waals surface area contributed by atoms with Crippen LogP contribution in [0.1, 0.15) is 6.92 Å². The molecule has 58 valence electrons. The molecule has 0 spiro atoms. The van der Waals surface area contributed by atoms with Crippen LogP contribution in [0.15, 0.2) is 22.6 Å². The summed E-state index contributed by atoms with van der Waals surface area (Å²) in [6, 6.07) is 1.59. The minimum absolute atomic E-state index is 0.0463. The van der Waals surface area contributed by atoms with Gasteiger partial charge < -0.3 is 5.11 Å². The number of ketones is 1. The number of carbonyl (C=O) groups is 1. The molecule has 0 amide bonds. The molecule has 0 aliphatic heterocycles. The molecule has 0 saturated heterocycles. The first-order chi connectivity index (χ1) is 5.63. The van der Waals surface area contributed by atoms with E-state index in [1.807, 2.05) is 0 Å². The SMILES string of the molecule is [C-]#[N+]/C(C#N)=C1/C(=O)C(O)=C1C. The monoisotopic (exact) mass is 160 g/mol. The van der Waals surface area contributed by atoms with Crippen molar-refractivity contribution in [3.63, 3.8) is 0 Å². The van der Waals surface area contributed by atoms with Crippen LogP contribution in [-0.2, 0) is 4.79 Å². The van der Waals surface area contributed by atoms with Crippen LogP contribution in [0.4, 0.5) is 0 Å². The van der Waals surface area contributed by atoms with Gasteiger partial charge in [-0.05, 0) is 12.5 Å². The number of aliphatic hydroxyl groups is 1. The average molecular weight is 160 g/mol. The first-order valence-corrected chi connectivity index (χ1v) is 3.10. The summed E-state index contributed by atoms with van der Waals surface area (Å²) in [5.41, 5.74) is 0.118. The van der Waals surface area contributed by atoms with Gasteiger partial charge in [0, 0.05) is 5.57 Å². The summed E-state index contributed by atoms with van der Waals surface area (Å²) < 4.78 is 0. The maximum absolute atomic E-state index is 10.9. The van der Waals surface area contributed by atoms with Crippen molar-refractivity contribution in [2.45, 2.75) is 6.92 Å². The molecule has 0 aromatic carbocycles. The number of aliphatic hydroxyl groups excluding tert-OH is 1. The average Bonchev–Trinajstić information content (AvgIpc) is 2.12. The number of nitriles is 1. The highest BCUT2D eigenvalue weighted by molar-refractivity contribution is 6.19. The third kappa shape index (κ3) is 0.792. The van der Waals surface area contributed by atoms with E-state index in [1.54, 1.807) is 6.07 Å². The number of carbonyl (C=O) groups excluding carboxylic acids is 1. The van der Waals surface area contributed by atoms with E-state index in [1.165, 1.54) is 6.92 Å². The van der Waals surface area contributed by atoms with Crippen molar-refractivity contribution in [1.82, 2.24) is 0 Å². The zero-order valence-corrected chi connectivity index (χ0v) is 6.25. The predicted octanol–water partition coefficient (Wildman–Crippen LogP) is 1.10. The number of allylic oxidation sites excluding steroid dienone is 3. The molecule has 0 radical (unpaired) electrons. The first kappa shape index (κ1) is 8.03. The second-order valence-corrected chi connectivity index (χ2v) is 2.25. The Bertz CT molecular complexity index is 386. The van der Waals surface area contributed by atoms with Crippen LogP contribution < -0.4 is 0 Å². The van der Waals surface area contributed by atoms with E-state index in [4.69, 9.17) is 16.9 Å². The minimum atomic E-state index is -0.611. The molecule has 0 saturated carbocycles. The molecule has 0 atom stereocenters. The minimum Gasteiger partial charge on any atom is -0.504 e. The molecule has 1 aliphatic rings. The molecule has 1 rings (SSSR count). The van der Waals surface area contributed by atoms with Crippen molar-refractivity contribution < 1.29 is 9.90 Å². The summed E-state index contributed by atoms with van der Waals surface area (Å²) in [4.78, 5) is 13.7. The van der Waals surface area contributed by atoms with E-state index in [0.29, 0.717) is 5.57 Å². The number of Topliss-reactive ketones (excluding diaryl/α,β-unsaturated/α-hetero) is 1. The van der Waals surface area contributed by atoms with Crippen LogP contribution >= 0.6 is 0 Å². The van der Waals surface area contributed by atoms with Crippen LogP contribution in [0.5, 0.6) is 0 Å². The van der Waals surface area contributed by atoms with E-state index in [9.17, 15) is 4.79 Å². The van der Waals surface area contributed by atoms with Crippen molar-refractivity contribution in [2.75, 3.05) is 0 Å². The molecule has 0 bridgehead atoms. The van der Waals surface area contributed by atoms with Gasteiger partial charge in [-0.3, -0.25) is 4.79 Å². The zero-order valence-electron chi connectivity index (χ0n) is 6.25. The number of hydrogen-bond donors (Lipinski definition) is 1. The highest BCUT2D eigenvalue weighted by Gasteiger charge is 2.33. The Morgan fingerprint density at radius 1 is 1.75 bits per heavy atom. The van der Waals surface area contributed by atoms with Crippen LogP contribution in [0.2, 0.25) is 0 Å². The molecule has 4 nitrogen and oxygen atoms in total. The number of nitrogens with zero attached hydrogens (tertiary/aromatic N) is 2. The Morgan fingerprint density at radius 2 is 2.33 bits per heavy atom. The molecular weight excluding hydrogens is 156 g/mol. The molecule has 0 heterocycles. The molecular formula is C8H4N2O2. The second kappa shape index (κ2) is 2.52. The fourth-order valence-electron chi connectivity index (χ4n) is 0.937. The lowest BCUT2D eigenvalue weighted by molar-refractivity contribution is -0.115. The van der Waals surface area contributed by atoms with Crippen LogP contribution in [0, 0.1) is 17.9 Å². The highest BCUT2D eigenvalue weighted by Crippen LogP contribution is 2.30. The summed E-state index contributed by atoms with van der Waals surface area (Å²) in [6.45, 7) is 8.06. The third-order valence-electron chi connectivity index (χ3n) is 1.63. The summed E-state index contributed by atoms with van der Waals surface area (Å²) >= 11 is 0. The molecule has 1 aliphatic carbocycles. The maximum Gasteiger partial charge on any atom is 0.273 e. The fraction of sp³-hybridized carbons (Fsp3) is 0.125. The Morgan fingerprint density at radius 3 is 2.67 bits per heavy atom. The Kier molecular flexibility index (Phi) is 1.69. The van der Waals surface area contributed by atoms with Gasteiger partial charge in [0.1, 0.15) is 0 Å². The van der Waals surface area contributed by atoms with Crippen LogP contribution in [-0.4, -0.2) is 10.9 Å². The lowest BCUT2D eigenvalue weighted by atomic mass is 9.87. The van der Waals surface area contributed by atoms with Crippen LogP contribution in [0.25, 0.3) is 4.85 Å². The summed E-state index contributed by atoms with van der Waals surface area (Å²) in [6.07, 6.45) is 0. The molecule has 0 aromatic rings. The summed E-state index contributed by atoms with van der Waals surface area (Å²) in [7, 11) is 0. The Balaban J connectivity index is 3.32. The van der Waals surface area contributed by atoms with Gasteiger partial charge in [-0.1, -0.05) is 0 Å². The Hall–Kier alpha value is -2.07. The first-order valence-electron chi connectivity index (χ1n) is 3.10. The smallest absolute Gasteiger partial charge is 0.273 e. The van der Waals surface area contributed by atoms with E-state index in [2.05, 4.69) is 4.85 Å². The van der Waals surface area contributed by atoms with Gasteiger partial charge in [-0.15, -0.1) is 0 Å². The third-order valence-corrected chi connectivity index (χ3v) is 1.63. The molecule has 0 fully saturated rings. The van der Waals surface area contributed by atoms with E-state index in [-0.39, 0.29) is 17.0 Å². The van der Waals surface area contributed by atoms with Gasteiger partial charge in [-0.2, -0.15) is 0 Å². The van der Waals surface area contributed by atoms with E-state index in [0.717, 1.165) is 0 Å². The standard InChI is InChI=1S/C8H4N2O2/c1-4-6(5(3-9)10-2)8(12)7(4)11/h11H,1H3/b6-5+. The van der Waals surface area contributed by atoms with Crippen LogP contribution in [0.3, 0.4) is 0 Å². The van der Waals surface area contributed by atoms with E-state index < -0.39 is 5.78 Å². The van der Waals surface area contributed by atoms with Gasteiger partial charge >= 0.3 is 0 Å². The van der Waals surface area contributed by atoms with Crippen molar-refractivity contribution in [3.8, 4) is 6.07 Å². The highest BCUT2D eigenvalue weighted by atomic mass is 16.3. The molecule has 0 aromatic heterocycles. The molecule has 4 heteroatoms. The normalized spacial score (nSPS) is 19.4. The van der Waals surface area contributed by atoms with Gasteiger partial charge in [0.25, 0.3) is 5.70 Å². The number of hydrogen-bond acceptors (Lipinski definition) is 3. The van der Waals surface area contributed by atoms with Crippen molar-refractivity contribution >= 4 is 5.78 Å². The Labute approximate surface area is 68.9 Å². The van der Waals surface area contributed by atoms with Crippen molar-refractivity contribution in [2.24, 2.45) is 0 Å². The topological polar surface area (TPSA) is 65.5 Å².